The largest absolute Gasteiger partial charge is 0.506 e. The highest BCUT2D eigenvalue weighted by molar-refractivity contribution is 14.1. The SMILES string of the molecule is CC(C)(OC(=O)c1c(I)c(I)c(I)c(I)c1I)C1CC[NH2+]CC1.CC(C)(OC(=O)c1c(I)ccc(I)c1O)C1CC[NH2+]CC1.CC(C)(OC(=O)c1cc(I)c(I)c(I)c1I)C1CC[NH2+]CC1.CC(C)(OC(=O)c1cc(I)c(O)c(I)c1)C1CC[NH2+]CC1.CC(C)(OC(=O)c1cc(I)cc(I)c1)C1CC[NH2+]CC1.CC(C)(OC(=O)c1cc(I)cc(I)c1N)C1CC[NH2+]CC1. The van der Waals surface area contributed by atoms with Gasteiger partial charge >= 0.3 is 35.8 Å². The van der Waals surface area contributed by atoms with Gasteiger partial charge in [0.1, 0.15) is 50.7 Å². The van der Waals surface area contributed by atoms with Crippen molar-refractivity contribution in [2.45, 2.75) is 194 Å². The van der Waals surface area contributed by atoms with E-state index in [4.69, 9.17) is 34.2 Å². The number of phenols is 2. The predicted octanol–water partition coefficient (Wildman–Crippen LogP) is 18.8. The zero-order valence-corrected chi connectivity index (χ0v) is 110. The topological polar surface area (TPSA) is 324 Å². The molecule has 0 aliphatic carbocycles. The molecule has 0 saturated carbocycles. The number of carbonyl (C=O) groups is 6. The Balaban J connectivity index is 0.000000211. The summed E-state index contributed by atoms with van der Waals surface area (Å²) in [5.74, 6) is 1.10. The lowest BCUT2D eigenvalue weighted by Gasteiger charge is -2.35. The number of nitrogen functional groups attached to an aromatic ring is 1. The summed E-state index contributed by atoms with van der Waals surface area (Å²) in [7, 11) is 0. The number of halogens is 17. The van der Waals surface area contributed by atoms with Crippen LogP contribution in [0.15, 0.2) is 60.7 Å². The minimum Gasteiger partial charge on any atom is -0.506 e. The Morgan fingerprint density at radius 3 is 0.875 bits per heavy atom. The maximum atomic E-state index is 12.9. The highest BCUT2D eigenvalue weighted by Gasteiger charge is 2.43. The van der Waals surface area contributed by atoms with Gasteiger partial charge < -0.3 is 76.3 Å². The molecule has 0 unspecified atom stereocenters. The van der Waals surface area contributed by atoms with Gasteiger partial charge in [0.2, 0.25) is 0 Å². The molecule has 0 spiro atoms. The number of aromatic hydroxyl groups is 2. The summed E-state index contributed by atoms with van der Waals surface area (Å²) in [5.41, 5.74) is 7.20. The van der Waals surface area contributed by atoms with Gasteiger partial charge in [-0.15, -0.1) is 0 Å². The van der Waals surface area contributed by atoms with E-state index < -0.39 is 39.6 Å². The van der Waals surface area contributed by atoms with E-state index in [1.165, 1.54) is 7.14 Å². The van der Waals surface area contributed by atoms with Gasteiger partial charge in [-0.05, 0) is 528 Å². The van der Waals surface area contributed by atoms with Crippen LogP contribution in [0.2, 0.25) is 0 Å². The van der Waals surface area contributed by atoms with Crippen molar-refractivity contribution in [3.05, 3.63) is 155 Å². The molecule has 21 nitrogen and oxygen atoms in total. The van der Waals surface area contributed by atoms with Crippen molar-refractivity contribution in [1.29, 1.82) is 0 Å². The van der Waals surface area contributed by atoms with Gasteiger partial charge in [-0.2, -0.15) is 0 Å². The molecule has 0 amide bonds. The molecule has 0 bridgehead atoms. The molecule has 12 rings (SSSR count). The molecule has 6 aliphatic rings. The minimum absolute atomic E-state index is 0.0141. The van der Waals surface area contributed by atoms with Crippen LogP contribution in [0.1, 0.15) is 222 Å². The first-order valence-corrected chi connectivity index (χ1v) is 60.8. The molecule has 6 fully saturated rings. The fraction of sp³-hybridized carbons (Fsp3) is 0.533. The molecule has 6 aromatic rings. The van der Waals surface area contributed by atoms with Crippen molar-refractivity contribution in [1.82, 2.24) is 0 Å². The number of ether oxygens (including phenoxy) is 6. The molecule has 0 atom stereocenters. The minimum atomic E-state index is -0.512. The number of piperidine rings is 6. The number of esters is 6. The van der Waals surface area contributed by atoms with Crippen LogP contribution in [-0.4, -0.2) is 158 Å². The molecule has 6 aromatic carbocycles. The summed E-state index contributed by atoms with van der Waals surface area (Å²) in [4.78, 5) is 75.4. The molecular weight excluding hydrogens is 3560 g/mol. The van der Waals surface area contributed by atoms with Crippen molar-refractivity contribution in [3.8, 4) is 11.5 Å². The maximum absolute atomic E-state index is 12.9. The monoisotopic (exact) mass is 3680 g/mol. The number of anilines is 1. The molecule has 38 heteroatoms. The molecule has 6 heterocycles. The number of quaternary nitrogens is 6. The van der Waals surface area contributed by atoms with Crippen LogP contribution in [0.3, 0.4) is 0 Å². The van der Waals surface area contributed by atoms with E-state index in [0.717, 1.165) is 200 Å². The second-order valence-corrected chi connectivity index (χ2v) is 55.0. The Hall–Kier alpha value is 3.71. The highest BCUT2D eigenvalue weighted by Crippen LogP contribution is 2.41. The molecule has 6 aliphatic heterocycles. The van der Waals surface area contributed by atoms with E-state index in [-0.39, 0.29) is 46.9 Å². The third-order valence-electron chi connectivity index (χ3n) is 24.3. The Bertz CT molecular complexity index is 4800. The van der Waals surface area contributed by atoms with Gasteiger partial charge in [0.05, 0.1) is 123 Å². The van der Waals surface area contributed by atoms with Gasteiger partial charge in [0, 0.05) is 163 Å². The average molecular weight is 3680 g/mol. The number of benzene rings is 6. The second-order valence-electron chi connectivity index (χ2n) is 35.6. The van der Waals surface area contributed by atoms with Crippen molar-refractivity contribution < 1.29 is 99.3 Å². The zero-order valence-electron chi connectivity index (χ0n) is 73.5. The molecule has 16 N–H and O–H groups in total. The number of phenolic OH excluding ortho intramolecular Hbond substituents is 2. The van der Waals surface area contributed by atoms with Crippen LogP contribution in [-0.2, 0) is 28.4 Å². The standard InChI is InChI=1S/C15H16I5NO2.C15H17I4NO2.C15H20I2N2O2.2C15H19I2NO3.C15H19I2NO2/c1-15(2,7-3-5-21-6-4-7)23-14(22)8-9(16)11(18)13(20)12(19)10(8)17;1-15(2,8-3-5-20-6-4-8)22-14(21)9-7-10(16)12(18)13(19)11(9)17;1-15(2,9-3-5-19-6-4-9)21-14(20)11-7-10(16)8-12(17)13(11)18;1-15(2,10-3-5-18-6-4-10)21-14(20)9-7-11(16)13(19)12(17)8-9;1-15(2,9-5-7-18-8-6-9)21-14(20)12-10(16)3-4-11(17)13(12)19;1-15(2,11-3-5-18-6-4-11)20-14(19)10-7-12(16)9-13(17)8-10/h7,21H,3-6H2,1-2H3;7-8,20H,3-6H2,1-2H3;7-9,19H,3-6,18H2,1-2H3;7-8,10,18-19H,3-6H2,1-2H3;3-4,9,18-19H,5-8H2,1-2H3;7-9,11,18H,3-6H2,1-2H3/p+6. The molecule has 708 valence electrons. The summed E-state index contributed by atoms with van der Waals surface area (Å²) in [6.07, 6.45) is 13.1. The average Bonchev–Trinajstić information content (AvgIpc) is 0.770. The number of hydrogen-bond donors (Lipinski definition) is 9. The molecule has 0 aromatic heterocycles. The summed E-state index contributed by atoms with van der Waals surface area (Å²) >= 11 is 37.6. The van der Waals surface area contributed by atoms with Gasteiger partial charge in [0.15, 0.2) is 0 Å². The number of carbonyl (C=O) groups excluding carboxylic acids is 6. The Morgan fingerprint density at radius 1 is 0.273 bits per heavy atom. The number of hydrogen-bond acceptors (Lipinski definition) is 15. The van der Waals surface area contributed by atoms with Crippen LogP contribution in [0.5, 0.6) is 11.5 Å². The highest BCUT2D eigenvalue weighted by atomic mass is 127. The van der Waals surface area contributed by atoms with E-state index in [1.54, 1.807) is 24.3 Å². The molecule has 0 radical (unpaired) electrons. The van der Waals surface area contributed by atoms with E-state index in [1.807, 2.05) is 160 Å². The van der Waals surface area contributed by atoms with Crippen molar-refractivity contribution >= 4 is 426 Å². The number of rotatable bonds is 18. The van der Waals surface area contributed by atoms with Crippen LogP contribution < -0.4 is 37.6 Å². The summed E-state index contributed by atoms with van der Waals surface area (Å²) in [5, 5.41) is 33.8. The summed E-state index contributed by atoms with van der Waals surface area (Å²) in [6, 6.07) is 18.5. The van der Waals surface area contributed by atoms with Crippen LogP contribution in [0.4, 0.5) is 5.69 Å². The first-order chi connectivity index (χ1) is 59.7. The van der Waals surface area contributed by atoms with Crippen molar-refractivity contribution in [3.63, 3.8) is 0 Å². The van der Waals surface area contributed by atoms with E-state index >= 15 is 0 Å². The third kappa shape index (κ3) is 35.3. The zero-order chi connectivity index (χ0) is 95.5. The smallest absolute Gasteiger partial charge is 0.343 e. The lowest BCUT2D eigenvalue weighted by atomic mass is 9.83. The molecule has 6 saturated heterocycles. The predicted molar refractivity (Wildman–Crippen MR) is 646 cm³/mol. The fourth-order valence-electron chi connectivity index (χ4n) is 16.3. The summed E-state index contributed by atoms with van der Waals surface area (Å²) < 4.78 is 51.6. The van der Waals surface area contributed by atoms with Gasteiger partial charge in [-0.1, -0.05) is 0 Å². The summed E-state index contributed by atoms with van der Waals surface area (Å²) in [6.45, 7) is 37.6. The first-order valence-electron chi connectivity index (χ1n) is 42.4. The van der Waals surface area contributed by atoms with Gasteiger partial charge in [-0.3, -0.25) is 0 Å². The quantitative estimate of drug-likeness (QED) is 0.00964. The fourth-order valence-corrected chi connectivity index (χ4v) is 31.5. The second kappa shape index (κ2) is 55.1. The van der Waals surface area contributed by atoms with E-state index in [2.05, 4.69) is 376 Å². The van der Waals surface area contributed by atoms with E-state index in [0.29, 0.717) is 77.7 Å². The maximum Gasteiger partial charge on any atom is 0.343 e. The van der Waals surface area contributed by atoms with E-state index in [9.17, 15) is 39.0 Å². The Morgan fingerprint density at radius 2 is 0.539 bits per heavy atom. The number of nitrogens with two attached hydrogens (primary N) is 7. The van der Waals surface area contributed by atoms with Gasteiger partial charge in [0.25, 0.3) is 0 Å². The molecular formula is C90H116I17N7O14+6. The van der Waals surface area contributed by atoms with Gasteiger partial charge in [-0.25, -0.2) is 28.8 Å². The lowest BCUT2D eigenvalue weighted by molar-refractivity contribution is -0.666. The van der Waals surface area contributed by atoms with Crippen LogP contribution in [0, 0.1) is 96.2 Å². The molecule has 128 heavy (non-hydrogen) atoms. The Labute approximate surface area is 987 Å². The normalized spacial score (nSPS) is 16.7. The van der Waals surface area contributed by atoms with Crippen LogP contribution in [0.25, 0.3) is 0 Å². The van der Waals surface area contributed by atoms with Crippen molar-refractivity contribution in [2.24, 2.45) is 35.5 Å². The first kappa shape index (κ1) is 119. The Kier molecular flexibility index (Phi) is 51.1. The third-order valence-corrected chi connectivity index (χ3v) is 47.3. The van der Waals surface area contributed by atoms with Crippen LogP contribution >= 0.6 is 384 Å². The lowest BCUT2D eigenvalue weighted by Crippen LogP contribution is -2.86. The van der Waals surface area contributed by atoms with Crippen molar-refractivity contribution in [2.75, 3.05) is 84.3 Å².